The third kappa shape index (κ3) is 3.27. The van der Waals surface area contributed by atoms with E-state index >= 15 is 0 Å². The number of rotatable bonds is 7. The minimum Gasteiger partial charge on any atom is -0.480 e. The summed E-state index contributed by atoms with van der Waals surface area (Å²) in [6.07, 6.45) is 2.10. The van der Waals surface area contributed by atoms with Crippen molar-refractivity contribution in [3.05, 3.63) is 0 Å². The van der Waals surface area contributed by atoms with Gasteiger partial charge in [0.1, 0.15) is 6.04 Å². The SMILES string of the molecule is CCOCCN(C)C(C(=O)O)C1CC1. The van der Waals surface area contributed by atoms with E-state index in [1.807, 2.05) is 18.9 Å². The fourth-order valence-electron chi connectivity index (χ4n) is 1.65. The third-order valence-corrected chi connectivity index (χ3v) is 2.59. The van der Waals surface area contributed by atoms with Gasteiger partial charge < -0.3 is 9.84 Å². The van der Waals surface area contributed by atoms with Gasteiger partial charge in [0.25, 0.3) is 0 Å². The average Bonchev–Trinajstić information content (AvgIpc) is 2.88. The van der Waals surface area contributed by atoms with Crippen molar-refractivity contribution in [2.75, 3.05) is 26.8 Å². The van der Waals surface area contributed by atoms with Crippen LogP contribution in [-0.2, 0) is 9.53 Å². The second-order valence-electron chi connectivity index (χ2n) is 3.80. The Hall–Kier alpha value is -0.610. The summed E-state index contributed by atoms with van der Waals surface area (Å²) < 4.78 is 5.20. The van der Waals surface area contributed by atoms with Crippen molar-refractivity contribution in [1.29, 1.82) is 0 Å². The maximum atomic E-state index is 11.0. The fraction of sp³-hybridized carbons (Fsp3) is 0.900. The van der Waals surface area contributed by atoms with Gasteiger partial charge >= 0.3 is 5.97 Å². The molecule has 0 aliphatic heterocycles. The number of likely N-dealkylation sites (N-methyl/N-ethyl adjacent to an activating group) is 1. The Bertz CT molecular complexity index is 192. The van der Waals surface area contributed by atoms with Gasteiger partial charge in [-0.05, 0) is 32.7 Å². The van der Waals surface area contributed by atoms with Crippen LogP contribution in [0.3, 0.4) is 0 Å². The van der Waals surface area contributed by atoms with Crippen LogP contribution in [-0.4, -0.2) is 48.8 Å². The molecule has 0 heterocycles. The van der Waals surface area contributed by atoms with Gasteiger partial charge in [-0.15, -0.1) is 0 Å². The van der Waals surface area contributed by atoms with Gasteiger partial charge in [-0.3, -0.25) is 9.69 Å². The smallest absolute Gasteiger partial charge is 0.321 e. The molecule has 0 aromatic carbocycles. The Kier molecular flexibility index (Phi) is 4.35. The van der Waals surface area contributed by atoms with Crippen molar-refractivity contribution >= 4 is 5.97 Å². The summed E-state index contributed by atoms with van der Waals surface area (Å²) in [5, 5.41) is 9.03. The standard InChI is InChI=1S/C10H19NO3/c1-3-14-7-6-11(2)9(10(12)13)8-4-5-8/h8-9H,3-7H2,1-2H3,(H,12,13). The van der Waals surface area contributed by atoms with Crippen LogP contribution in [0.4, 0.5) is 0 Å². The maximum absolute atomic E-state index is 11.0. The summed E-state index contributed by atoms with van der Waals surface area (Å²) >= 11 is 0. The van der Waals surface area contributed by atoms with E-state index in [1.54, 1.807) is 0 Å². The molecule has 4 nitrogen and oxygen atoms in total. The van der Waals surface area contributed by atoms with Crippen LogP contribution in [0, 0.1) is 5.92 Å². The quantitative estimate of drug-likeness (QED) is 0.619. The predicted molar refractivity (Wildman–Crippen MR) is 53.3 cm³/mol. The van der Waals surface area contributed by atoms with Crippen LogP contribution in [0.5, 0.6) is 0 Å². The first-order chi connectivity index (χ1) is 6.66. The number of aliphatic carboxylic acids is 1. The normalized spacial score (nSPS) is 18.5. The predicted octanol–water partition coefficient (Wildman–Crippen LogP) is 0.818. The first-order valence-corrected chi connectivity index (χ1v) is 5.17. The third-order valence-electron chi connectivity index (χ3n) is 2.59. The summed E-state index contributed by atoms with van der Waals surface area (Å²) in [6.45, 7) is 3.94. The number of hydrogen-bond donors (Lipinski definition) is 1. The van der Waals surface area contributed by atoms with Gasteiger partial charge in [-0.2, -0.15) is 0 Å². The number of nitrogens with zero attached hydrogens (tertiary/aromatic N) is 1. The summed E-state index contributed by atoms with van der Waals surface area (Å²) in [4.78, 5) is 12.9. The average molecular weight is 201 g/mol. The molecule has 82 valence electrons. The molecular formula is C10H19NO3. The molecule has 0 amide bonds. The number of ether oxygens (including phenoxy) is 1. The minimum absolute atomic E-state index is 0.310. The Morgan fingerprint density at radius 3 is 2.71 bits per heavy atom. The molecule has 4 heteroatoms. The number of carbonyl (C=O) groups is 1. The molecule has 1 fully saturated rings. The summed E-state index contributed by atoms with van der Waals surface area (Å²) in [7, 11) is 1.86. The summed E-state index contributed by atoms with van der Waals surface area (Å²) in [5.41, 5.74) is 0. The van der Waals surface area contributed by atoms with Crippen LogP contribution >= 0.6 is 0 Å². The molecule has 0 spiro atoms. The monoisotopic (exact) mass is 201 g/mol. The van der Waals surface area contributed by atoms with E-state index in [-0.39, 0.29) is 6.04 Å². The van der Waals surface area contributed by atoms with E-state index in [0.717, 1.165) is 12.8 Å². The van der Waals surface area contributed by atoms with Crippen LogP contribution in [0.25, 0.3) is 0 Å². The van der Waals surface area contributed by atoms with E-state index in [0.29, 0.717) is 25.7 Å². The molecule has 1 aliphatic rings. The summed E-state index contributed by atoms with van der Waals surface area (Å²) in [5.74, 6) is -0.342. The molecule has 0 saturated heterocycles. The van der Waals surface area contributed by atoms with Crippen molar-refractivity contribution in [3.63, 3.8) is 0 Å². The van der Waals surface area contributed by atoms with Crippen LogP contribution in [0.2, 0.25) is 0 Å². The van der Waals surface area contributed by atoms with Gasteiger partial charge in [0.2, 0.25) is 0 Å². The molecule has 1 rings (SSSR count). The zero-order valence-corrected chi connectivity index (χ0v) is 8.90. The van der Waals surface area contributed by atoms with Crippen molar-refractivity contribution in [2.24, 2.45) is 5.92 Å². The lowest BCUT2D eigenvalue weighted by atomic mass is 10.1. The van der Waals surface area contributed by atoms with Crippen molar-refractivity contribution in [3.8, 4) is 0 Å². The largest absolute Gasteiger partial charge is 0.480 e. The molecule has 0 bridgehead atoms. The lowest BCUT2D eigenvalue weighted by Gasteiger charge is -2.24. The maximum Gasteiger partial charge on any atom is 0.321 e. The number of carboxylic acid groups (broad SMARTS) is 1. The van der Waals surface area contributed by atoms with Gasteiger partial charge in [0, 0.05) is 13.2 Å². The number of carboxylic acids is 1. The second-order valence-corrected chi connectivity index (χ2v) is 3.80. The zero-order valence-electron chi connectivity index (χ0n) is 8.90. The molecule has 1 aliphatic carbocycles. The minimum atomic E-state index is -0.702. The molecule has 1 atom stereocenters. The Morgan fingerprint density at radius 1 is 1.64 bits per heavy atom. The van der Waals surface area contributed by atoms with Crippen molar-refractivity contribution in [1.82, 2.24) is 4.90 Å². The molecule has 1 N–H and O–H groups in total. The van der Waals surface area contributed by atoms with E-state index in [9.17, 15) is 4.79 Å². The highest BCUT2D eigenvalue weighted by Crippen LogP contribution is 2.34. The summed E-state index contributed by atoms with van der Waals surface area (Å²) in [6, 6.07) is -0.310. The Labute approximate surface area is 84.8 Å². The first-order valence-electron chi connectivity index (χ1n) is 5.17. The van der Waals surface area contributed by atoms with Crippen molar-refractivity contribution < 1.29 is 14.6 Å². The van der Waals surface area contributed by atoms with E-state index in [1.165, 1.54) is 0 Å². The lowest BCUT2D eigenvalue weighted by Crippen LogP contribution is -2.41. The molecule has 0 aromatic rings. The van der Waals surface area contributed by atoms with E-state index < -0.39 is 5.97 Å². The van der Waals surface area contributed by atoms with Gasteiger partial charge in [0.15, 0.2) is 0 Å². The van der Waals surface area contributed by atoms with Gasteiger partial charge in [-0.25, -0.2) is 0 Å². The topological polar surface area (TPSA) is 49.8 Å². The van der Waals surface area contributed by atoms with Gasteiger partial charge in [0.05, 0.1) is 6.61 Å². The van der Waals surface area contributed by atoms with E-state index in [4.69, 9.17) is 9.84 Å². The van der Waals surface area contributed by atoms with Crippen LogP contribution < -0.4 is 0 Å². The fourth-order valence-corrected chi connectivity index (χ4v) is 1.65. The van der Waals surface area contributed by atoms with Crippen LogP contribution in [0.1, 0.15) is 19.8 Å². The zero-order chi connectivity index (χ0) is 10.6. The molecule has 0 radical (unpaired) electrons. The molecule has 0 aromatic heterocycles. The first kappa shape index (κ1) is 11.5. The van der Waals surface area contributed by atoms with Crippen LogP contribution in [0.15, 0.2) is 0 Å². The molecule has 1 unspecified atom stereocenters. The van der Waals surface area contributed by atoms with Gasteiger partial charge in [-0.1, -0.05) is 0 Å². The number of hydrogen-bond acceptors (Lipinski definition) is 3. The Balaban J connectivity index is 2.31. The second kappa shape index (κ2) is 5.32. The molecular weight excluding hydrogens is 182 g/mol. The Morgan fingerprint density at radius 2 is 2.29 bits per heavy atom. The van der Waals surface area contributed by atoms with Crippen molar-refractivity contribution in [2.45, 2.75) is 25.8 Å². The highest BCUT2D eigenvalue weighted by atomic mass is 16.5. The van der Waals surface area contributed by atoms with E-state index in [2.05, 4.69) is 0 Å². The highest BCUT2D eigenvalue weighted by molar-refractivity contribution is 5.74. The molecule has 14 heavy (non-hydrogen) atoms. The lowest BCUT2D eigenvalue weighted by molar-refractivity contribution is -0.143. The highest BCUT2D eigenvalue weighted by Gasteiger charge is 2.38. The molecule has 1 saturated carbocycles.